The van der Waals surface area contributed by atoms with Gasteiger partial charge in [-0.2, -0.15) is 0 Å². The summed E-state index contributed by atoms with van der Waals surface area (Å²) in [4.78, 5) is 27.2. The van der Waals surface area contributed by atoms with Crippen molar-refractivity contribution in [3.63, 3.8) is 0 Å². The van der Waals surface area contributed by atoms with Crippen LogP contribution in [0.2, 0.25) is 0 Å². The van der Waals surface area contributed by atoms with Crippen LogP contribution in [0.5, 0.6) is 0 Å². The molecule has 0 bridgehead atoms. The molecule has 0 unspecified atom stereocenters. The van der Waals surface area contributed by atoms with E-state index in [0.29, 0.717) is 24.0 Å². The fourth-order valence-corrected chi connectivity index (χ4v) is 3.69. The van der Waals surface area contributed by atoms with Gasteiger partial charge in [-0.3, -0.25) is 4.79 Å². The summed E-state index contributed by atoms with van der Waals surface area (Å²) >= 11 is 0. The van der Waals surface area contributed by atoms with Crippen molar-refractivity contribution in [2.45, 2.75) is 44.6 Å². The molecule has 0 N–H and O–H groups in total. The maximum Gasteiger partial charge on any atom is 0.289 e. The standard InChI is InChI=1S/C21H25N5O2/c1-25(2)21(27)18-9-8-17(28-18)14-26-11-10-22-20(26)16-12-23-19(24-13-16)15-6-4-3-5-7-15/h8-13,15H,3-7,14H2,1-2H3. The molecule has 7 nitrogen and oxygen atoms in total. The number of hydrogen-bond acceptors (Lipinski definition) is 5. The SMILES string of the molecule is CN(C)C(=O)c1ccc(Cn2ccnc2-c2cnc(C3CCCCC3)nc2)o1. The molecule has 146 valence electrons. The molecular formula is C21H25N5O2. The van der Waals surface area contributed by atoms with Gasteiger partial charge in [-0.25, -0.2) is 15.0 Å². The molecule has 4 rings (SSSR count). The van der Waals surface area contributed by atoms with Crippen molar-refractivity contribution < 1.29 is 9.21 Å². The van der Waals surface area contributed by atoms with E-state index in [4.69, 9.17) is 4.42 Å². The topological polar surface area (TPSA) is 77.1 Å². The van der Waals surface area contributed by atoms with E-state index in [1.807, 2.05) is 29.2 Å². The Hall–Kier alpha value is -2.96. The van der Waals surface area contributed by atoms with Gasteiger partial charge in [0.05, 0.1) is 12.1 Å². The molecule has 3 aromatic rings. The van der Waals surface area contributed by atoms with Gasteiger partial charge in [0.1, 0.15) is 17.4 Å². The summed E-state index contributed by atoms with van der Waals surface area (Å²) in [6, 6.07) is 3.53. The fraction of sp³-hybridized carbons (Fsp3) is 0.429. The smallest absolute Gasteiger partial charge is 0.289 e. The van der Waals surface area contributed by atoms with Gasteiger partial charge in [0.15, 0.2) is 5.76 Å². The lowest BCUT2D eigenvalue weighted by atomic mass is 9.89. The molecule has 1 aliphatic carbocycles. The molecule has 0 aromatic carbocycles. The van der Waals surface area contributed by atoms with Crippen LogP contribution in [-0.2, 0) is 6.54 Å². The Morgan fingerprint density at radius 2 is 1.89 bits per heavy atom. The van der Waals surface area contributed by atoms with Crippen LogP contribution >= 0.6 is 0 Å². The van der Waals surface area contributed by atoms with Crippen LogP contribution in [0, 0.1) is 0 Å². The van der Waals surface area contributed by atoms with Gasteiger partial charge < -0.3 is 13.9 Å². The number of carbonyl (C=O) groups excluding carboxylic acids is 1. The molecule has 0 saturated heterocycles. The minimum absolute atomic E-state index is 0.149. The molecule has 1 saturated carbocycles. The van der Waals surface area contributed by atoms with E-state index in [-0.39, 0.29) is 5.91 Å². The average Bonchev–Trinajstić information content (AvgIpc) is 3.38. The minimum atomic E-state index is -0.149. The van der Waals surface area contributed by atoms with Crippen LogP contribution in [0.25, 0.3) is 11.4 Å². The van der Waals surface area contributed by atoms with Gasteiger partial charge in [-0.1, -0.05) is 19.3 Å². The molecule has 1 fully saturated rings. The number of imidazole rings is 1. The zero-order valence-electron chi connectivity index (χ0n) is 16.3. The molecule has 1 amide bonds. The highest BCUT2D eigenvalue weighted by Crippen LogP contribution is 2.30. The maximum absolute atomic E-state index is 12.0. The number of carbonyl (C=O) groups is 1. The van der Waals surface area contributed by atoms with E-state index >= 15 is 0 Å². The fourth-order valence-electron chi connectivity index (χ4n) is 3.69. The highest BCUT2D eigenvalue weighted by Gasteiger charge is 2.19. The van der Waals surface area contributed by atoms with E-state index in [9.17, 15) is 4.79 Å². The normalized spacial score (nSPS) is 14.9. The number of amides is 1. The summed E-state index contributed by atoms with van der Waals surface area (Å²) in [6.07, 6.45) is 13.6. The first-order chi connectivity index (χ1) is 13.6. The van der Waals surface area contributed by atoms with Crippen molar-refractivity contribution in [1.29, 1.82) is 0 Å². The van der Waals surface area contributed by atoms with Crippen LogP contribution in [0.3, 0.4) is 0 Å². The summed E-state index contributed by atoms with van der Waals surface area (Å²) < 4.78 is 7.67. The first kappa shape index (κ1) is 18.4. The Morgan fingerprint density at radius 3 is 2.61 bits per heavy atom. The molecule has 3 aromatic heterocycles. The van der Waals surface area contributed by atoms with Gasteiger partial charge >= 0.3 is 0 Å². The van der Waals surface area contributed by atoms with E-state index in [2.05, 4.69) is 15.0 Å². The molecular weight excluding hydrogens is 354 g/mol. The third kappa shape index (κ3) is 3.83. The van der Waals surface area contributed by atoms with E-state index < -0.39 is 0 Å². The molecule has 0 spiro atoms. The second kappa shape index (κ2) is 7.96. The Kier molecular flexibility index (Phi) is 5.23. The first-order valence-electron chi connectivity index (χ1n) is 9.75. The lowest BCUT2D eigenvalue weighted by Gasteiger charge is -2.20. The van der Waals surface area contributed by atoms with Crippen LogP contribution in [0.15, 0.2) is 41.3 Å². The van der Waals surface area contributed by atoms with E-state index in [1.54, 1.807) is 26.4 Å². The highest BCUT2D eigenvalue weighted by molar-refractivity contribution is 5.91. The predicted molar refractivity (Wildman–Crippen MR) is 105 cm³/mol. The average molecular weight is 379 g/mol. The van der Waals surface area contributed by atoms with Crippen molar-refractivity contribution >= 4 is 5.91 Å². The number of aromatic nitrogens is 4. The third-order valence-corrected chi connectivity index (χ3v) is 5.22. The van der Waals surface area contributed by atoms with E-state index in [1.165, 1.54) is 37.0 Å². The zero-order chi connectivity index (χ0) is 19.5. The molecule has 3 heterocycles. The summed E-state index contributed by atoms with van der Waals surface area (Å²) in [7, 11) is 3.41. The second-order valence-electron chi connectivity index (χ2n) is 7.51. The lowest BCUT2D eigenvalue weighted by molar-refractivity contribution is 0.0794. The number of rotatable bonds is 5. The third-order valence-electron chi connectivity index (χ3n) is 5.22. The van der Waals surface area contributed by atoms with Crippen molar-refractivity contribution in [2.24, 2.45) is 0 Å². The van der Waals surface area contributed by atoms with Gasteiger partial charge in [0.25, 0.3) is 5.91 Å². The number of furan rings is 1. The highest BCUT2D eigenvalue weighted by atomic mass is 16.4. The van der Waals surface area contributed by atoms with Crippen molar-refractivity contribution in [2.75, 3.05) is 14.1 Å². The van der Waals surface area contributed by atoms with Gasteiger partial charge in [-0.05, 0) is 25.0 Å². The molecule has 0 aliphatic heterocycles. The predicted octanol–water partition coefficient (Wildman–Crippen LogP) is 3.73. The van der Waals surface area contributed by atoms with Crippen molar-refractivity contribution in [3.05, 3.63) is 54.3 Å². The van der Waals surface area contributed by atoms with E-state index in [0.717, 1.165) is 17.2 Å². The summed E-state index contributed by atoms with van der Waals surface area (Å²) in [6.45, 7) is 0.487. The Balaban J connectivity index is 1.50. The summed E-state index contributed by atoms with van der Waals surface area (Å²) in [5.41, 5.74) is 0.876. The number of hydrogen-bond donors (Lipinski definition) is 0. The zero-order valence-corrected chi connectivity index (χ0v) is 16.3. The molecule has 0 atom stereocenters. The van der Waals surface area contributed by atoms with Gasteiger partial charge in [0.2, 0.25) is 0 Å². The Labute approximate surface area is 164 Å². The van der Waals surface area contributed by atoms with Gasteiger partial charge in [0, 0.05) is 44.8 Å². The van der Waals surface area contributed by atoms with Crippen LogP contribution in [-0.4, -0.2) is 44.4 Å². The Bertz CT molecular complexity index is 936. The quantitative estimate of drug-likeness (QED) is 0.675. The summed E-state index contributed by atoms with van der Waals surface area (Å²) in [5.74, 6) is 3.10. The monoisotopic (exact) mass is 379 g/mol. The number of nitrogens with zero attached hydrogens (tertiary/aromatic N) is 5. The molecule has 0 radical (unpaired) electrons. The summed E-state index contributed by atoms with van der Waals surface area (Å²) in [5, 5.41) is 0. The maximum atomic E-state index is 12.0. The molecule has 7 heteroatoms. The second-order valence-corrected chi connectivity index (χ2v) is 7.51. The van der Waals surface area contributed by atoms with Crippen molar-refractivity contribution in [3.8, 4) is 11.4 Å². The largest absolute Gasteiger partial charge is 0.454 e. The minimum Gasteiger partial charge on any atom is -0.454 e. The van der Waals surface area contributed by atoms with Gasteiger partial charge in [-0.15, -0.1) is 0 Å². The Morgan fingerprint density at radius 1 is 1.14 bits per heavy atom. The van der Waals surface area contributed by atoms with Crippen LogP contribution < -0.4 is 0 Å². The van der Waals surface area contributed by atoms with Crippen LogP contribution in [0.4, 0.5) is 0 Å². The first-order valence-corrected chi connectivity index (χ1v) is 9.75. The molecule has 28 heavy (non-hydrogen) atoms. The van der Waals surface area contributed by atoms with Crippen LogP contribution in [0.1, 0.15) is 60.2 Å². The van der Waals surface area contributed by atoms with Crippen molar-refractivity contribution in [1.82, 2.24) is 24.4 Å². The molecule has 1 aliphatic rings. The lowest BCUT2D eigenvalue weighted by Crippen LogP contribution is -2.20.